The van der Waals surface area contributed by atoms with E-state index in [1.807, 2.05) is 20.8 Å². The highest BCUT2D eigenvalue weighted by molar-refractivity contribution is 9.08. The summed E-state index contributed by atoms with van der Waals surface area (Å²) in [6.45, 7) is 5.87. The van der Waals surface area contributed by atoms with Gasteiger partial charge in [0.2, 0.25) is 0 Å². The SMILES string of the molecule is COC(=O)c1cccc(OCCCC(=O)OC(C)(C)C)c1CBr. The van der Waals surface area contributed by atoms with Crippen LogP contribution in [0.3, 0.4) is 0 Å². The summed E-state index contributed by atoms with van der Waals surface area (Å²) in [6, 6.07) is 5.22. The Morgan fingerprint density at radius 3 is 2.48 bits per heavy atom. The van der Waals surface area contributed by atoms with Crippen LogP contribution in [0.15, 0.2) is 18.2 Å². The molecule has 5 nitrogen and oxygen atoms in total. The molecule has 0 spiro atoms. The molecule has 0 atom stereocenters. The number of hydrogen-bond acceptors (Lipinski definition) is 5. The average molecular weight is 387 g/mol. The van der Waals surface area contributed by atoms with Gasteiger partial charge in [0.1, 0.15) is 11.4 Å². The van der Waals surface area contributed by atoms with Crippen molar-refractivity contribution in [2.75, 3.05) is 13.7 Å². The second-order valence-corrected chi connectivity index (χ2v) is 6.51. The Morgan fingerprint density at radius 1 is 1.22 bits per heavy atom. The molecule has 0 unspecified atom stereocenters. The molecule has 1 aromatic rings. The second-order valence-electron chi connectivity index (χ2n) is 5.95. The maximum absolute atomic E-state index is 11.7. The first-order valence-electron chi connectivity index (χ1n) is 7.39. The summed E-state index contributed by atoms with van der Waals surface area (Å²) in [5.41, 5.74) is 0.723. The van der Waals surface area contributed by atoms with Crippen molar-refractivity contribution in [2.24, 2.45) is 0 Å². The van der Waals surface area contributed by atoms with Gasteiger partial charge in [-0.1, -0.05) is 22.0 Å². The predicted octanol–water partition coefficient (Wildman–Crippen LogP) is 3.87. The number of benzene rings is 1. The van der Waals surface area contributed by atoms with Gasteiger partial charge in [-0.3, -0.25) is 4.79 Å². The van der Waals surface area contributed by atoms with E-state index < -0.39 is 11.6 Å². The van der Waals surface area contributed by atoms with Gasteiger partial charge in [0.05, 0.1) is 19.3 Å². The highest BCUT2D eigenvalue weighted by Crippen LogP contribution is 2.26. The van der Waals surface area contributed by atoms with Gasteiger partial charge in [-0.2, -0.15) is 0 Å². The summed E-state index contributed by atoms with van der Waals surface area (Å²) in [5.74, 6) is -0.0438. The number of rotatable bonds is 7. The molecule has 0 aliphatic carbocycles. The molecule has 0 aliphatic heterocycles. The van der Waals surface area contributed by atoms with Gasteiger partial charge in [0.15, 0.2) is 0 Å². The molecule has 0 radical (unpaired) electrons. The molecule has 0 heterocycles. The minimum atomic E-state index is -0.476. The van der Waals surface area contributed by atoms with Crippen molar-refractivity contribution < 1.29 is 23.8 Å². The first kappa shape index (κ1) is 19.5. The summed E-state index contributed by atoms with van der Waals surface area (Å²) >= 11 is 3.36. The number of carbonyl (C=O) groups excluding carboxylic acids is 2. The Labute approximate surface area is 145 Å². The van der Waals surface area contributed by atoms with Crippen molar-refractivity contribution in [2.45, 2.75) is 44.5 Å². The van der Waals surface area contributed by atoms with Gasteiger partial charge in [-0.15, -0.1) is 0 Å². The van der Waals surface area contributed by atoms with E-state index in [2.05, 4.69) is 15.9 Å². The molecule has 0 amide bonds. The number of alkyl halides is 1. The topological polar surface area (TPSA) is 61.8 Å². The van der Waals surface area contributed by atoms with Gasteiger partial charge in [0.25, 0.3) is 0 Å². The van der Waals surface area contributed by atoms with Gasteiger partial charge >= 0.3 is 11.9 Å². The van der Waals surface area contributed by atoms with Crippen LogP contribution < -0.4 is 4.74 Å². The van der Waals surface area contributed by atoms with Gasteiger partial charge in [-0.05, 0) is 39.3 Å². The van der Waals surface area contributed by atoms with Crippen molar-refractivity contribution >= 4 is 27.9 Å². The number of methoxy groups -OCH3 is 1. The Morgan fingerprint density at radius 2 is 1.91 bits per heavy atom. The number of esters is 2. The van der Waals surface area contributed by atoms with Crippen LogP contribution in [0.2, 0.25) is 0 Å². The lowest BCUT2D eigenvalue weighted by atomic mass is 10.1. The average Bonchev–Trinajstić information content (AvgIpc) is 2.48. The van der Waals surface area contributed by atoms with E-state index in [0.717, 1.165) is 5.56 Å². The lowest BCUT2D eigenvalue weighted by molar-refractivity contribution is -0.155. The molecule has 6 heteroatoms. The van der Waals surface area contributed by atoms with Crippen molar-refractivity contribution in [3.63, 3.8) is 0 Å². The van der Waals surface area contributed by atoms with Gasteiger partial charge < -0.3 is 14.2 Å². The molecule has 0 aliphatic rings. The normalized spacial score (nSPS) is 11.0. The number of halogens is 1. The number of ether oxygens (including phenoxy) is 3. The van der Waals surface area contributed by atoms with Crippen molar-refractivity contribution in [3.05, 3.63) is 29.3 Å². The standard InChI is InChI=1S/C17H23BrO5/c1-17(2,3)23-15(19)9-6-10-22-14-8-5-7-12(13(14)11-18)16(20)21-4/h5,7-8H,6,9-11H2,1-4H3. The molecule has 0 saturated heterocycles. The van der Waals surface area contributed by atoms with E-state index in [-0.39, 0.29) is 12.4 Å². The van der Waals surface area contributed by atoms with E-state index in [4.69, 9.17) is 14.2 Å². The zero-order valence-corrected chi connectivity index (χ0v) is 15.6. The largest absolute Gasteiger partial charge is 0.493 e. The molecular formula is C17H23BrO5. The van der Waals surface area contributed by atoms with Crippen LogP contribution in [-0.2, 0) is 19.6 Å². The molecule has 0 bridgehead atoms. The molecule has 23 heavy (non-hydrogen) atoms. The van der Waals surface area contributed by atoms with Crippen LogP contribution in [0.1, 0.15) is 49.5 Å². The quantitative estimate of drug-likeness (QED) is 0.404. The number of carbonyl (C=O) groups is 2. The fourth-order valence-electron chi connectivity index (χ4n) is 1.93. The Balaban J connectivity index is 2.58. The fraction of sp³-hybridized carbons (Fsp3) is 0.529. The molecule has 0 saturated carbocycles. The first-order chi connectivity index (χ1) is 10.8. The maximum atomic E-state index is 11.7. The summed E-state index contributed by atoms with van der Waals surface area (Å²) in [5, 5.41) is 0.472. The van der Waals surface area contributed by atoms with E-state index in [0.29, 0.717) is 29.7 Å². The van der Waals surface area contributed by atoms with E-state index >= 15 is 0 Å². The van der Waals surface area contributed by atoms with E-state index in [1.165, 1.54) is 7.11 Å². The highest BCUT2D eigenvalue weighted by atomic mass is 79.9. The van der Waals surface area contributed by atoms with Crippen molar-refractivity contribution in [1.29, 1.82) is 0 Å². The Hall–Kier alpha value is -1.56. The summed E-state index contributed by atoms with van der Waals surface area (Å²) in [7, 11) is 1.34. The lowest BCUT2D eigenvalue weighted by Crippen LogP contribution is -2.24. The zero-order chi connectivity index (χ0) is 17.5. The van der Waals surface area contributed by atoms with Crippen LogP contribution in [-0.4, -0.2) is 31.3 Å². The monoisotopic (exact) mass is 386 g/mol. The molecule has 0 fully saturated rings. The molecule has 0 N–H and O–H groups in total. The summed E-state index contributed by atoms with van der Waals surface area (Å²) in [6.07, 6.45) is 0.830. The summed E-state index contributed by atoms with van der Waals surface area (Å²) in [4.78, 5) is 23.4. The van der Waals surface area contributed by atoms with Gasteiger partial charge in [-0.25, -0.2) is 4.79 Å². The number of hydrogen-bond donors (Lipinski definition) is 0. The molecule has 1 aromatic carbocycles. The Kier molecular flexibility index (Phi) is 7.55. The molecular weight excluding hydrogens is 364 g/mol. The summed E-state index contributed by atoms with van der Waals surface area (Å²) < 4.78 is 15.7. The fourth-order valence-corrected chi connectivity index (χ4v) is 2.51. The van der Waals surface area contributed by atoms with Crippen LogP contribution in [0, 0.1) is 0 Å². The minimum absolute atomic E-state index is 0.245. The molecule has 128 valence electrons. The third kappa shape index (κ3) is 6.60. The van der Waals surface area contributed by atoms with Crippen LogP contribution in [0.5, 0.6) is 5.75 Å². The maximum Gasteiger partial charge on any atom is 0.338 e. The zero-order valence-electron chi connectivity index (χ0n) is 14.0. The smallest absolute Gasteiger partial charge is 0.338 e. The minimum Gasteiger partial charge on any atom is -0.493 e. The van der Waals surface area contributed by atoms with Crippen LogP contribution in [0.4, 0.5) is 0 Å². The third-order valence-corrected chi connectivity index (χ3v) is 3.44. The van der Waals surface area contributed by atoms with Crippen LogP contribution in [0.25, 0.3) is 0 Å². The van der Waals surface area contributed by atoms with Crippen molar-refractivity contribution in [1.82, 2.24) is 0 Å². The highest BCUT2D eigenvalue weighted by Gasteiger charge is 2.17. The van der Waals surface area contributed by atoms with Crippen molar-refractivity contribution in [3.8, 4) is 5.75 Å². The Bertz CT molecular complexity index is 548. The molecule has 0 aromatic heterocycles. The van der Waals surface area contributed by atoms with Crippen LogP contribution >= 0.6 is 15.9 Å². The van der Waals surface area contributed by atoms with E-state index in [1.54, 1.807) is 18.2 Å². The third-order valence-electron chi connectivity index (χ3n) is 2.87. The lowest BCUT2D eigenvalue weighted by Gasteiger charge is -2.19. The predicted molar refractivity (Wildman–Crippen MR) is 91.0 cm³/mol. The second kappa shape index (κ2) is 8.91. The van der Waals surface area contributed by atoms with E-state index in [9.17, 15) is 9.59 Å². The van der Waals surface area contributed by atoms with Gasteiger partial charge in [0, 0.05) is 17.3 Å². The first-order valence-corrected chi connectivity index (χ1v) is 8.51. The molecule has 1 rings (SSSR count).